The summed E-state index contributed by atoms with van der Waals surface area (Å²) in [6, 6.07) is 0. The molecule has 0 aromatic carbocycles. The summed E-state index contributed by atoms with van der Waals surface area (Å²) in [5.74, 6) is 0. The minimum absolute atomic E-state index is 0. The zero-order valence-corrected chi connectivity index (χ0v) is 19.5. The smallest absolute Gasteiger partial charge is 0.759 e. The first-order valence-electron chi connectivity index (χ1n) is 2.67. The van der Waals surface area contributed by atoms with E-state index >= 15 is 0 Å². The van der Waals surface area contributed by atoms with Crippen molar-refractivity contribution in [1.82, 2.24) is 0 Å². The van der Waals surface area contributed by atoms with Crippen molar-refractivity contribution in [1.29, 1.82) is 0 Å². The van der Waals surface area contributed by atoms with E-state index in [0.29, 0.717) is 0 Å². The fourth-order valence-electron chi connectivity index (χ4n) is 0. The van der Waals surface area contributed by atoms with Gasteiger partial charge in [0.1, 0.15) is 0 Å². The maximum atomic E-state index is 8.52. The number of rotatable bonds is 0. The average molecular weight is 499 g/mol. The van der Waals surface area contributed by atoms with Crippen LogP contribution in [-0.4, -0.2) is 93.1 Å². The molecule has 0 radical (unpaired) electrons. The van der Waals surface area contributed by atoms with Gasteiger partial charge in [0.05, 0.1) is 0 Å². The van der Waals surface area contributed by atoms with Crippen LogP contribution in [0.15, 0.2) is 0 Å². The van der Waals surface area contributed by atoms with E-state index in [0.717, 1.165) is 0 Å². The van der Waals surface area contributed by atoms with E-state index in [-0.39, 0.29) is 93.0 Å². The third-order valence-corrected chi connectivity index (χ3v) is 0. The van der Waals surface area contributed by atoms with Crippen LogP contribution in [0.5, 0.6) is 0 Å². The Labute approximate surface area is 201 Å². The molecule has 0 aliphatic rings. The molecule has 23 heteroatoms. The second-order valence-corrected chi connectivity index (χ2v) is 4.90. The van der Waals surface area contributed by atoms with Crippen molar-refractivity contribution >= 4 is 64.6 Å². The Hall–Kier alpha value is 2.47. The third kappa shape index (κ3) is 2030. The van der Waals surface area contributed by atoms with Crippen molar-refractivity contribution in [2.24, 2.45) is 0 Å². The van der Waals surface area contributed by atoms with E-state index in [4.69, 9.17) is 70.1 Å². The van der Waals surface area contributed by atoms with Gasteiger partial charge in [0.2, 0.25) is 0 Å². The van der Waals surface area contributed by atoms with Crippen LogP contribution in [0.4, 0.5) is 0 Å². The van der Waals surface area contributed by atoms with Crippen LogP contribution in [0, 0.1) is 0 Å². The van der Waals surface area contributed by atoms with Crippen molar-refractivity contribution in [3.8, 4) is 0 Å². The summed E-state index contributed by atoms with van der Waals surface area (Å²) in [6.45, 7) is 0. The topological polar surface area (TPSA) is 321 Å². The molecule has 128 valence electrons. The van der Waals surface area contributed by atoms with Crippen LogP contribution in [0.25, 0.3) is 0 Å². The Morgan fingerprint density at radius 3 is 0.391 bits per heavy atom. The molecule has 0 saturated heterocycles. The Kier molecular flexibility index (Phi) is 37.4. The first kappa shape index (κ1) is 44.7. The van der Waals surface area contributed by atoms with Crippen molar-refractivity contribution < 1.29 is 140 Å². The van der Waals surface area contributed by atoms with Crippen molar-refractivity contribution in [2.75, 3.05) is 0 Å². The summed E-state index contributed by atoms with van der Waals surface area (Å²) in [5.41, 5.74) is 0. The maximum Gasteiger partial charge on any atom is 5.00 e. The zero-order chi connectivity index (χ0) is 18.0. The van der Waals surface area contributed by atoms with Gasteiger partial charge in [-0.2, -0.15) is 0 Å². The quantitative estimate of drug-likeness (QED) is 0.170. The third-order valence-electron chi connectivity index (χ3n) is 0. The van der Waals surface area contributed by atoms with Crippen LogP contribution < -0.4 is 51.4 Å². The van der Waals surface area contributed by atoms with Gasteiger partial charge in [-0.1, -0.05) is 0 Å². The molecule has 0 fully saturated rings. The van der Waals surface area contributed by atoms with E-state index in [1.807, 2.05) is 0 Å². The van der Waals surface area contributed by atoms with Crippen LogP contribution in [0.1, 0.15) is 0 Å². The molecule has 0 aliphatic heterocycles. The van der Waals surface area contributed by atoms with E-state index in [1.165, 1.54) is 0 Å². The summed E-state index contributed by atoms with van der Waals surface area (Å²) >= 11 is 0. The second-order valence-electron chi connectivity index (χ2n) is 1.63. The monoisotopic (exact) mass is 498 g/mol. The first-order chi connectivity index (χ1) is 8.00. The van der Waals surface area contributed by atoms with Gasteiger partial charge < -0.3 is 36.4 Å². The summed E-state index contributed by atoms with van der Waals surface area (Å²) in [5, 5.41) is 0. The molecule has 0 aromatic heterocycles. The van der Waals surface area contributed by atoms with Gasteiger partial charge in [-0.05, 0) is 0 Å². The summed E-state index contributed by atoms with van der Waals surface area (Å²) in [6.07, 6.45) is 0. The van der Waals surface area contributed by atoms with Crippen molar-refractivity contribution in [2.45, 2.75) is 0 Å². The molecule has 0 unspecified atom stereocenters. The van der Waals surface area contributed by atoms with E-state index in [9.17, 15) is 0 Å². The Morgan fingerprint density at radius 1 is 0.391 bits per heavy atom. The fourth-order valence-corrected chi connectivity index (χ4v) is 0. The molecule has 23 heavy (non-hydrogen) atoms. The molecule has 16 nitrogen and oxygen atoms in total. The zero-order valence-electron chi connectivity index (χ0n) is 10.3. The molecule has 0 saturated carbocycles. The standard InChI is InChI=1S/K.Mg.4H2O4S.V/c;;4*1-5(2,3)4;/h;;4*(H2,1,2,3,4);/q+1;+2;;;;;+5/p-8. The van der Waals surface area contributed by atoms with Gasteiger partial charge in [-0.25, -0.2) is 0 Å². The van der Waals surface area contributed by atoms with Gasteiger partial charge in [0.15, 0.2) is 0 Å². The predicted molar refractivity (Wildman–Crippen MR) is 47.7 cm³/mol. The fraction of sp³-hybridized carbons (Fsp3) is 0. The van der Waals surface area contributed by atoms with Crippen LogP contribution in [0.3, 0.4) is 0 Å². The minimum Gasteiger partial charge on any atom is -0.759 e. The molecule has 0 rings (SSSR count). The van der Waals surface area contributed by atoms with Crippen LogP contribution in [-0.2, 0) is 60.2 Å². The minimum atomic E-state index is -5.17. The van der Waals surface area contributed by atoms with Crippen LogP contribution in [0.2, 0.25) is 0 Å². The molecule has 0 amide bonds. The van der Waals surface area contributed by atoms with Gasteiger partial charge in [-0.3, -0.25) is 33.7 Å². The SMILES string of the molecule is O=S(=O)([O-])[O-].O=S(=O)([O-])[O-].O=S(=O)([O-])[O-].O=S(=O)([O-])[O-].[K+].[Mg+2].[V+5]. The predicted octanol–water partition coefficient (Wildman–Crippen LogP) is -8.73. The van der Waals surface area contributed by atoms with E-state index < -0.39 is 41.6 Å². The van der Waals surface area contributed by atoms with Crippen molar-refractivity contribution in [3.63, 3.8) is 0 Å². The normalized spacial score (nSPS) is 10.1. The van der Waals surface area contributed by atoms with Gasteiger partial charge in [0, 0.05) is 41.6 Å². The molecule has 0 atom stereocenters. The average Bonchev–Trinajstić information content (AvgIpc) is 1.62. The molecule has 0 aliphatic carbocycles. The first-order valence-corrected chi connectivity index (χ1v) is 8.00. The summed E-state index contributed by atoms with van der Waals surface area (Å²) < 4.78 is 136. The van der Waals surface area contributed by atoms with Gasteiger partial charge in [0.25, 0.3) is 0 Å². The molecule has 0 spiro atoms. The Bertz CT molecular complexity index is 485. The molecule has 0 N–H and O–H groups in total. The largest absolute Gasteiger partial charge is 5.00 e. The van der Waals surface area contributed by atoms with Crippen LogP contribution >= 0.6 is 0 Å². The van der Waals surface area contributed by atoms with E-state index in [2.05, 4.69) is 0 Å². The number of hydrogen-bond donors (Lipinski definition) is 0. The van der Waals surface area contributed by atoms with E-state index in [1.54, 1.807) is 0 Å². The Morgan fingerprint density at radius 2 is 0.391 bits per heavy atom. The molecular formula is KMgO16S4V. The molecule has 0 bridgehead atoms. The summed E-state index contributed by atoms with van der Waals surface area (Å²) in [7, 11) is -20.7. The Balaban J connectivity index is -0.0000000284. The second kappa shape index (κ2) is 19.2. The molecule has 0 heterocycles. The van der Waals surface area contributed by atoms with Crippen molar-refractivity contribution in [3.05, 3.63) is 0 Å². The summed E-state index contributed by atoms with van der Waals surface area (Å²) in [4.78, 5) is 0. The number of hydrogen-bond acceptors (Lipinski definition) is 16. The van der Waals surface area contributed by atoms with Gasteiger partial charge in [-0.15, -0.1) is 0 Å². The maximum absolute atomic E-state index is 8.52. The molecule has 0 aromatic rings. The molecular weight excluding hydrogens is 499 g/mol. The van der Waals surface area contributed by atoms with Gasteiger partial charge >= 0.3 is 93.0 Å².